The summed E-state index contributed by atoms with van der Waals surface area (Å²) in [6, 6.07) is 28.0. The fraction of sp³-hybridized carbons (Fsp3) is 0.316. The van der Waals surface area contributed by atoms with Crippen LogP contribution in [0, 0.1) is 10.1 Å². The number of hydrogen-bond donors (Lipinski definition) is 2. The minimum absolute atomic E-state index is 0.102. The summed E-state index contributed by atoms with van der Waals surface area (Å²) < 4.78 is 29.9. The number of rotatable bonds is 16. The largest absolute Gasteiger partial charge is 0.376 e. The molecule has 15 heteroatoms. The molecule has 12 nitrogen and oxygen atoms in total. The number of benzene rings is 4. The van der Waals surface area contributed by atoms with Crippen molar-refractivity contribution in [3.63, 3.8) is 0 Å². The van der Waals surface area contributed by atoms with E-state index in [-0.39, 0.29) is 28.1 Å². The number of anilines is 3. The highest BCUT2D eigenvalue weighted by molar-refractivity contribution is 7.99. The summed E-state index contributed by atoms with van der Waals surface area (Å²) in [4.78, 5) is 29.4. The Morgan fingerprint density at radius 2 is 1.70 bits per heavy atom. The van der Waals surface area contributed by atoms with Crippen molar-refractivity contribution in [1.29, 1.82) is 0 Å². The molecule has 0 amide bonds. The molecule has 0 aliphatic carbocycles. The number of nitrogens with zero attached hydrogens (tertiary/aromatic N) is 6. The Balaban J connectivity index is 1.15. The van der Waals surface area contributed by atoms with Crippen molar-refractivity contribution in [2.45, 2.75) is 33.7 Å². The molecule has 1 saturated heterocycles. The molecule has 2 N–H and O–H groups in total. The molecule has 1 atom stereocenters. The quantitative estimate of drug-likeness (QED) is 0.0613. The number of nitro benzene ring substituents is 1. The summed E-state index contributed by atoms with van der Waals surface area (Å²) in [5.41, 5.74) is 2.87. The zero-order valence-electron chi connectivity index (χ0n) is 30.0. The van der Waals surface area contributed by atoms with Gasteiger partial charge in [0.1, 0.15) is 12.0 Å². The molecule has 1 unspecified atom stereocenters. The minimum Gasteiger partial charge on any atom is -0.376 e. The van der Waals surface area contributed by atoms with Crippen LogP contribution in [0.1, 0.15) is 12.0 Å². The predicted octanol–water partition coefficient (Wildman–Crippen LogP) is 6.91. The molecule has 53 heavy (non-hydrogen) atoms. The Morgan fingerprint density at radius 1 is 0.943 bits per heavy atom. The Morgan fingerprint density at radius 3 is 2.43 bits per heavy atom. The number of thioether (sulfide) groups is 2. The zero-order valence-corrected chi connectivity index (χ0v) is 32.5. The van der Waals surface area contributed by atoms with E-state index in [4.69, 9.17) is 0 Å². The third-order valence-corrected chi connectivity index (χ3v) is 12.5. The van der Waals surface area contributed by atoms with Crippen LogP contribution in [0.2, 0.25) is 0 Å². The van der Waals surface area contributed by atoms with Gasteiger partial charge in [-0.05, 0) is 87.4 Å². The average molecular weight is 773 g/mol. The molecule has 0 radical (unpaired) electrons. The van der Waals surface area contributed by atoms with Crippen LogP contribution >= 0.6 is 23.5 Å². The van der Waals surface area contributed by atoms with Crippen LogP contribution in [0.5, 0.6) is 0 Å². The molecule has 1 aliphatic heterocycles. The number of nitrogens with one attached hydrogen (secondary N) is 2. The summed E-state index contributed by atoms with van der Waals surface area (Å²) in [6.07, 6.45) is 4.16. The SMILES string of the molecule is CSc1ccccc1CN1CCN(c2ccc3c(NS(=O)(=O)c4ccc(NC(CCN(C)C)CSc5ccccc5)c([N+](=O)[O-])c4)ncnc3c2)CC1. The number of aromatic nitrogens is 2. The van der Waals surface area contributed by atoms with Crippen molar-refractivity contribution < 1.29 is 13.3 Å². The third kappa shape index (κ3) is 9.97. The third-order valence-electron chi connectivity index (χ3n) is 9.13. The zero-order chi connectivity index (χ0) is 37.4. The first-order chi connectivity index (χ1) is 25.6. The van der Waals surface area contributed by atoms with Gasteiger partial charge in [-0.2, -0.15) is 0 Å². The normalized spacial score (nSPS) is 14.4. The smallest absolute Gasteiger partial charge is 0.293 e. The van der Waals surface area contributed by atoms with E-state index in [0.717, 1.165) is 62.3 Å². The van der Waals surface area contributed by atoms with Crippen LogP contribution in [-0.4, -0.2) is 98.0 Å². The van der Waals surface area contributed by atoms with Gasteiger partial charge in [0.15, 0.2) is 5.82 Å². The van der Waals surface area contributed by atoms with Crippen molar-refractivity contribution in [1.82, 2.24) is 19.8 Å². The lowest BCUT2D eigenvalue weighted by Crippen LogP contribution is -2.46. The van der Waals surface area contributed by atoms with Gasteiger partial charge in [-0.3, -0.25) is 19.7 Å². The average Bonchev–Trinajstić information content (AvgIpc) is 3.16. The first-order valence-electron chi connectivity index (χ1n) is 17.3. The van der Waals surface area contributed by atoms with Gasteiger partial charge in [0.25, 0.3) is 15.7 Å². The number of sulfonamides is 1. The summed E-state index contributed by atoms with van der Waals surface area (Å²) in [5.74, 6) is 0.772. The second kappa shape index (κ2) is 17.6. The predicted molar refractivity (Wildman–Crippen MR) is 217 cm³/mol. The molecule has 5 aromatic rings. The molecule has 0 saturated carbocycles. The fourth-order valence-electron chi connectivity index (χ4n) is 6.24. The summed E-state index contributed by atoms with van der Waals surface area (Å²) >= 11 is 3.43. The Hall–Kier alpha value is -4.41. The highest BCUT2D eigenvalue weighted by Crippen LogP contribution is 2.32. The first kappa shape index (κ1) is 38.3. The highest BCUT2D eigenvalue weighted by atomic mass is 32.2. The lowest BCUT2D eigenvalue weighted by atomic mass is 10.1. The van der Waals surface area contributed by atoms with E-state index in [1.54, 1.807) is 23.5 Å². The van der Waals surface area contributed by atoms with Crippen LogP contribution in [0.3, 0.4) is 0 Å². The molecule has 0 spiro atoms. The standard InChI is InChI=1S/C38H44N8O4S3/c1-43(2)18-17-29(26-52-31-10-5-4-6-11-31)41-34-16-14-32(24-36(34)46(47)48)53(49,50)42-38-33-15-13-30(23-35(33)39-27-40-38)45-21-19-44(20-22-45)25-28-9-7-8-12-37(28)51-3/h4-16,23-24,27,29,41H,17-22,25-26H2,1-3H3,(H,39,40,42). The first-order valence-corrected chi connectivity index (χ1v) is 21.0. The van der Waals surface area contributed by atoms with Crippen molar-refractivity contribution in [3.8, 4) is 0 Å². The fourth-order valence-corrected chi connectivity index (χ4v) is 8.90. The second-order valence-corrected chi connectivity index (χ2v) is 16.7. The van der Waals surface area contributed by atoms with Crippen LogP contribution in [-0.2, 0) is 16.6 Å². The lowest BCUT2D eigenvalue weighted by Gasteiger charge is -2.36. The molecule has 4 aromatic carbocycles. The maximum atomic E-state index is 13.7. The highest BCUT2D eigenvalue weighted by Gasteiger charge is 2.25. The molecular weight excluding hydrogens is 729 g/mol. The second-order valence-electron chi connectivity index (χ2n) is 13.1. The van der Waals surface area contributed by atoms with Gasteiger partial charge >= 0.3 is 0 Å². The molecule has 6 rings (SSSR count). The van der Waals surface area contributed by atoms with Gasteiger partial charge in [-0.25, -0.2) is 18.4 Å². The number of piperazine rings is 1. The monoisotopic (exact) mass is 772 g/mol. The van der Waals surface area contributed by atoms with Gasteiger partial charge < -0.3 is 15.1 Å². The van der Waals surface area contributed by atoms with Gasteiger partial charge in [0.2, 0.25) is 0 Å². The van der Waals surface area contributed by atoms with Crippen LogP contribution in [0.15, 0.2) is 112 Å². The van der Waals surface area contributed by atoms with Crippen molar-refractivity contribution in [3.05, 3.63) is 113 Å². The van der Waals surface area contributed by atoms with Gasteiger partial charge in [-0.1, -0.05) is 36.4 Å². The van der Waals surface area contributed by atoms with E-state index in [1.807, 2.05) is 62.6 Å². The summed E-state index contributed by atoms with van der Waals surface area (Å²) in [5, 5.41) is 16.1. The number of hydrogen-bond acceptors (Lipinski definition) is 12. The molecule has 2 heterocycles. The molecular formula is C38H44N8O4S3. The molecule has 1 aliphatic rings. The summed E-state index contributed by atoms with van der Waals surface area (Å²) in [6.45, 7) is 5.22. The Bertz CT molecular complexity index is 2130. The van der Waals surface area contributed by atoms with Crippen molar-refractivity contribution in [2.75, 3.05) is 73.8 Å². The lowest BCUT2D eigenvalue weighted by molar-refractivity contribution is -0.384. The Labute approximate surface area is 319 Å². The maximum Gasteiger partial charge on any atom is 0.293 e. The number of fused-ring (bicyclic) bond motifs is 1. The Kier molecular flexibility index (Phi) is 12.7. The molecule has 0 bridgehead atoms. The van der Waals surface area contributed by atoms with E-state index >= 15 is 0 Å². The minimum atomic E-state index is -4.24. The van der Waals surface area contributed by atoms with Crippen LogP contribution in [0.4, 0.5) is 22.9 Å². The topological polar surface area (TPSA) is 137 Å². The van der Waals surface area contributed by atoms with E-state index < -0.39 is 14.9 Å². The molecule has 278 valence electrons. The maximum absolute atomic E-state index is 13.7. The van der Waals surface area contributed by atoms with Gasteiger partial charge in [-0.15, -0.1) is 23.5 Å². The van der Waals surface area contributed by atoms with E-state index in [1.165, 1.54) is 28.9 Å². The molecule has 1 fully saturated rings. The van der Waals surface area contributed by atoms with Crippen LogP contribution in [0.25, 0.3) is 10.9 Å². The van der Waals surface area contributed by atoms with Crippen molar-refractivity contribution >= 4 is 67.3 Å². The van der Waals surface area contributed by atoms with Crippen LogP contribution < -0.4 is 14.9 Å². The van der Waals surface area contributed by atoms with E-state index in [9.17, 15) is 18.5 Å². The number of nitro groups is 1. The van der Waals surface area contributed by atoms with Gasteiger partial charge in [0.05, 0.1) is 15.3 Å². The molecule has 1 aromatic heterocycles. The van der Waals surface area contributed by atoms with Crippen molar-refractivity contribution in [2.24, 2.45) is 0 Å². The van der Waals surface area contributed by atoms with E-state index in [0.29, 0.717) is 16.7 Å². The van der Waals surface area contributed by atoms with E-state index in [2.05, 4.69) is 65.2 Å². The summed E-state index contributed by atoms with van der Waals surface area (Å²) in [7, 11) is -0.285. The van der Waals surface area contributed by atoms with Gasteiger partial charge in [0, 0.05) is 71.4 Å².